The highest BCUT2D eigenvalue weighted by Crippen LogP contribution is 2.35. The van der Waals surface area contributed by atoms with Gasteiger partial charge < -0.3 is 10.1 Å². The Bertz CT molecular complexity index is 1340. The molecule has 1 aliphatic heterocycles. The summed E-state index contributed by atoms with van der Waals surface area (Å²) in [5, 5.41) is 2.99. The lowest BCUT2D eigenvalue weighted by Gasteiger charge is -2.14. The van der Waals surface area contributed by atoms with Gasteiger partial charge in [0.15, 0.2) is 6.61 Å². The Kier molecular flexibility index (Phi) is 7.58. The number of amides is 3. The number of benzene rings is 3. The summed E-state index contributed by atoms with van der Waals surface area (Å²) in [7, 11) is 0. The number of para-hydroxylation sites is 1. The number of rotatable bonds is 7. The van der Waals surface area contributed by atoms with E-state index in [0.717, 1.165) is 28.5 Å². The predicted molar refractivity (Wildman–Crippen MR) is 139 cm³/mol. The van der Waals surface area contributed by atoms with Crippen LogP contribution in [0.25, 0.3) is 6.08 Å². The fraction of sp³-hybridized carbons (Fsp3) is 0.148. The van der Waals surface area contributed by atoms with Gasteiger partial charge in [0.1, 0.15) is 5.75 Å². The predicted octanol–water partition coefficient (Wildman–Crippen LogP) is 6.21. The summed E-state index contributed by atoms with van der Waals surface area (Å²) in [5.74, 6) is -0.277. The van der Waals surface area contributed by atoms with Crippen LogP contribution in [-0.4, -0.2) is 28.6 Å². The zero-order chi connectivity index (χ0) is 24.9. The summed E-state index contributed by atoms with van der Waals surface area (Å²) < 4.78 is 5.73. The van der Waals surface area contributed by atoms with E-state index in [1.165, 1.54) is 4.90 Å². The molecule has 0 bridgehead atoms. The van der Waals surface area contributed by atoms with E-state index >= 15 is 0 Å². The number of halogens is 1. The number of carbonyl (C=O) groups excluding carboxylic acids is 3. The maximum Gasteiger partial charge on any atom is 0.293 e. The summed E-state index contributed by atoms with van der Waals surface area (Å²) in [5.41, 5.74) is 4.02. The molecule has 8 heteroatoms. The number of anilines is 1. The molecule has 3 aromatic rings. The van der Waals surface area contributed by atoms with Gasteiger partial charge in [-0.3, -0.25) is 19.3 Å². The zero-order valence-electron chi connectivity index (χ0n) is 19.2. The van der Waals surface area contributed by atoms with Crippen LogP contribution in [-0.2, 0) is 16.1 Å². The number of thioether (sulfide) groups is 1. The van der Waals surface area contributed by atoms with Crippen LogP contribution in [0.1, 0.15) is 22.3 Å². The Labute approximate surface area is 212 Å². The van der Waals surface area contributed by atoms with Crippen molar-refractivity contribution >= 4 is 52.2 Å². The second-order valence-electron chi connectivity index (χ2n) is 8.03. The standard InChI is InChI=1S/C27H23ClN2O4S/c1-17-7-3-4-9-20(17)15-30-26(32)24(35-27(30)33)13-19-8-5-6-10-23(19)34-16-25(31)29-21-12-11-18(2)22(28)14-21/h3-14H,15-16H2,1-2H3,(H,29,31)/b24-13-. The first-order valence-corrected chi connectivity index (χ1v) is 12.1. The zero-order valence-corrected chi connectivity index (χ0v) is 20.8. The van der Waals surface area contributed by atoms with E-state index in [1.54, 1.807) is 42.5 Å². The summed E-state index contributed by atoms with van der Waals surface area (Å²) in [6.45, 7) is 3.81. The molecule has 35 heavy (non-hydrogen) atoms. The quantitative estimate of drug-likeness (QED) is 0.385. The maximum atomic E-state index is 13.0. The molecule has 1 saturated heterocycles. The van der Waals surface area contributed by atoms with E-state index in [0.29, 0.717) is 26.9 Å². The van der Waals surface area contributed by atoms with Gasteiger partial charge in [-0.25, -0.2) is 0 Å². The Morgan fingerprint density at radius 1 is 1.03 bits per heavy atom. The van der Waals surface area contributed by atoms with Crippen LogP contribution in [0.15, 0.2) is 71.6 Å². The van der Waals surface area contributed by atoms with Crippen molar-refractivity contribution in [1.82, 2.24) is 4.90 Å². The summed E-state index contributed by atoms with van der Waals surface area (Å²) in [6, 6.07) is 20.0. The van der Waals surface area contributed by atoms with E-state index < -0.39 is 0 Å². The number of carbonyl (C=O) groups is 3. The molecule has 0 radical (unpaired) electrons. The van der Waals surface area contributed by atoms with Gasteiger partial charge in [0.25, 0.3) is 17.1 Å². The number of hydrogen-bond acceptors (Lipinski definition) is 5. The third-order valence-electron chi connectivity index (χ3n) is 5.48. The van der Waals surface area contributed by atoms with E-state index in [9.17, 15) is 14.4 Å². The number of hydrogen-bond donors (Lipinski definition) is 1. The minimum absolute atomic E-state index is 0.218. The number of nitrogens with zero attached hydrogens (tertiary/aromatic N) is 1. The third kappa shape index (κ3) is 5.93. The Morgan fingerprint density at radius 2 is 1.77 bits per heavy atom. The van der Waals surface area contributed by atoms with Crippen LogP contribution in [0.3, 0.4) is 0 Å². The molecule has 3 aromatic carbocycles. The lowest BCUT2D eigenvalue weighted by molar-refractivity contribution is -0.123. The highest BCUT2D eigenvalue weighted by Gasteiger charge is 2.35. The monoisotopic (exact) mass is 506 g/mol. The van der Waals surface area contributed by atoms with Crippen LogP contribution in [0.4, 0.5) is 10.5 Å². The second kappa shape index (κ2) is 10.8. The van der Waals surface area contributed by atoms with Gasteiger partial charge in [0.2, 0.25) is 0 Å². The largest absolute Gasteiger partial charge is 0.483 e. The average molecular weight is 507 g/mol. The Hall–Kier alpha value is -3.55. The molecule has 1 N–H and O–H groups in total. The van der Waals surface area contributed by atoms with Crippen molar-refractivity contribution in [1.29, 1.82) is 0 Å². The van der Waals surface area contributed by atoms with E-state index in [2.05, 4.69) is 5.32 Å². The van der Waals surface area contributed by atoms with Crippen molar-refractivity contribution in [3.8, 4) is 5.75 Å². The van der Waals surface area contributed by atoms with Crippen molar-refractivity contribution in [3.05, 3.63) is 98.9 Å². The summed E-state index contributed by atoms with van der Waals surface area (Å²) >= 11 is 7.00. The average Bonchev–Trinajstić information content (AvgIpc) is 3.09. The Morgan fingerprint density at radius 3 is 2.54 bits per heavy atom. The van der Waals surface area contributed by atoms with Crippen molar-refractivity contribution in [3.63, 3.8) is 0 Å². The highest BCUT2D eigenvalue weighted by molar-refractivity contribution is 8.18. The lowest BCUT2D eigenvalue weighted by Crippen LogP contribution is -2.27. The first-order valence-electron chi connectivity index (χ1n) is 10.9. The molecular weight excluding hydrogens is 484 g/mol. The number of nitrogens with one attached hydrogen (secondary N) is 1. The molecule has 3 amide bonds. The van der Waals surface area contributed by atoms with Crippen LogP contribution in [0.2, 0.25) is 5.02 Å². The summed E-state index contributed by atoms with van der Waals surface area (Å²) in [6.07, 6.45) is 1.62. The van der Waals surface area contributed by atoms with E-state index in [4.69, 9.17) is 16.3 Å². The second-order valence-corrected chi connectivity index (χ2v) is 9.43. The van der Waals surface area contributed by atoms with Crippen molar-refractivity contribution < 1.29 is 19.1 Å². The van der Waals surface area contributed by atoms with Gasteiger partial charge in [0, 0.05) is 16.3 Å². The van der Waals surface area contributed by atoms with Crippen LogP contribution < -0.4 is 10.1 Å². The number of ether oxygens (including phenoxy) is 1. The molecule has 6 nitrogen and oxygen atoms in total. The lowest BCUT2D eigenvalue weighted by atomic mass is 10.1. The van der Waals surface area contributed by atoms with Gasteiger partial charge in [0.05, 0.1) is 11.4 Å². The van der Waals surface area contributed by atoms with Crippen molar-refractivity contribution in [2.75, 3.05) is 11.9 Å². The molecule has 178 valence electrons. The first kappa shape index (κ1) is 24.6. The van der Waals surface area contributed by atoms with Crippen molar-refractivity contribution in [2.24, 2.45) is 0 Å². The highest BCUT2D eigenvalue weighted by atomic mass is 35.5. The number of imide groups is 1. The fourth-order valence-corrected chi connectivity index (χ4v) is 4.49. The fourth-order valence-electron chi connectivity index (χ4n) is 3.48. The van der Waals surface area contributed by atoms with Gasteiger partial charge >= 0.3 is 0 Å². The van der Waals surface area contributed by atoms with Crippen LogP contribution in [0, 0.1) is 13.8 Å². The maximum absolute atomic E-state index is 13.0. The molecule has 0 aromatic heterocycles. The molecule has 0 unspecified atom stereocenters. The first-order chi connectivity index (χ1) is 16.8. The third-order valence-corrected chi connectivity index (χ3v) is 6.80. The molecule has 1 fully saturated rings. The van der Waals surface area contributed by atoms with E-state index in [-0.39, 0.29) is 30.2 Å². The number of aryl methyl sites for hydroxylation is 2. The SMILES string of the molecule is Cc1ccc(NC(=O)COc2ccccc2/C=C2\SC(=O)N(Cc3ccccc3C)C2=O)cc1Cl. The van der Waals surface area contributed by atoms with Gasteiger partial charge in [-0.15, -0.1) is 0 Å². The molecule has 0 saturated carbocycles. The molecule has 0 aliphatic carbocycles. The van der Waals surface area contributed by atoms with Gasteiger partial charge in [-0.2, -0.15) is 0 Å². The normalized spacial score (nSPS) is 14.5. The Balaban J connectivity index is 1.44. The summed E-state index contributed by atoms with van der Waals surface area (Å²) in [4.78, 5) is 39.4. The van der Waals surface area contributed by atoms with Gasteiger partial charge in [-0.05, 0) is 66.6 Å². The minimum atomic E-state index is -0.355. The minimum Gasteiger partial charge on any atom is -0.483 e. The van der Waals surface area contributed by atoms with E-state index in [1.807, 2.05) is 44.2 Å². The van der Waals surface area contributed by atoms with Gasteiger partial charge in [-0.1, -0.05) is 60.1 Å². The topological polar surface area (TPSA) is 75.7 Å². The molecule has 1 heterocycles. The molecular formula is C27H23ClN2O4S. The molecule has 0 atom stereocenters. The van der Waals surface area contributed by atoms with Crippen molar-refractivity contribution in [2.45, 2.75) is 20.4 Å². The smallest absolute Gasteiger partial charge is 0.293 e. The molecule has 0 spiro atoms. The van der Waals surface area contributed by atoms with Crippen LogP contribution in [0.5, 0.6) is 5.75 Å². The van der Waals surface area contributed by atoms with Crippen LogP contribution >= 0.6 is 23.4 Å². The molecule has 4 rings (SSSR count). The molecule has 1 aliphatic rings.